The van der Waals surface area contributed by atoms with Gasteiger partial charge in [0, 0.05) is 44.3 Å². The van der Waals surface area contributed by atoms with E-state index in [0.717, 1.165) is 55.5 Å². The number of aliphatic hydroxyl groups is 1. The molecule has 0 aromatic carbocycles. The summed E-state index contributed by atoms with van der Waals surface area (Å²) in [5.74, 6) is 2.85. The Morgan fingerprint density at radius 1 is 1.30 bits per heavy atom. The highest BCUT2D eigenvalue weighted by Gasteiger charge is 2.29. The molecule has 2 aromatic heterocycles. The van der Waals surface area contributed by atoms with Crippen molar-refractivity contribution < 1.29 is 5.11 Å². The van der Waals surface area contributed by atoms with Crippen LogP contribution in [-0.2, 0) is 13.5 Å². The van der Waals surface area contributed by atoms with Gasteiger partial charge in [-0.15, -0.1) is 0 Å². The predicted molar refractivity (Wildman–Crippen MR) is 89.3 cm³/mol. The molecule has 6 heteroatoms. The van der Waals surface area contributed by atoms with E-state index in [4.69, 9.17) is 0 Å². The van der Waals surface area contributed by atoms with Gasteiger partial charge < -0.3 is 14.6 Å². The molecule has 0 spiro atoms. The molecule has 6 nitrogen and oxygen atoms in total. The Bertz CT molecular complexity index is 661. The third-order valence-corrected chi connectivity index (χ3v) is 4.67. The normalized spacial score (nSPS) is 17.5. The number of aliphatic hydroxyl groups excluding tert-OH is 1. The van der Waals surface area contributed by atoms with E-state index in [1.807, 2.05) is 24.7 Å². The molecule has 1 N–H and O–H groups in total. The van der Waals surface area contributed by atoms with Crippen LogP contribution in [0.25, 0.3) is 0 Å². The van der Waals surface area contributed by atoms with E-state index < -0.39 is 6.10 Å². The van der Waals surface area contributed by atoms with Crippen LogP contribution in [0, 0.1) is 12.8 Å². The molecule has 0 amide bonds. The maximum Gasteiger partial charge on any atom is 0.137 e. The summed E-state index contributed by atoms with van der Waals surface area (Å²) in [6.45, 7) is 5.87. The molecule has 1 saturated heterocycles. The van der Waals surface area contributed by atoms with Crippen LogP contribution in [-0.4, -0.2) is 37.7 Å². The van der Waals surface area contributed by atoms with Crippen LogP contribution >= 0.6 is 0 Å². The number of aryl methyl sites for hydroxylation is 3. The van der Waals surface area contributed by atoms with Crippen LogP contribution in [0.3, 0.4) is 0 Å². The van der Waals surface area contributed by atoms with Gasteiger partial charge in [-0.3, -0.25) is 0 Å². The second kappa shape index (κ2) is 6.66. The van der Waals surface area contributed by atoms with Crippen molar-refractivity contribution >= 4 is 5.82 Å². The topological polar surface area (TPSA) is 67.1 Å². The summed E-state index contributed by atoms with van der Waals surface area (Å²) in [6, 6.07) is 2.09. The minimum Gasteiger partial charge on any atom is -0.385 e. The van der Waals surface area contributed by atoms with Crippen LogP contribution in [0.4, 0.5) is 5.82 Å². The minimum absolute atomic E-state index is 0.251. The number of imidazole rings is 1. The fourth-order valence-electron chi connectivity index (χ4n) is 3.27. The number of piperidine rings is 1. The van der Waals surface area contributed by atoms with Gasteiger partial charge in [0.05, 0.1) is 0 Å². The van der Waals surface area contributed by atoms with E-state index in [2.05, 4.69) is 32.8 Å². The van der Waals surface area contributed by atoms with E-state index in [0.29, 0.717) is 0 Å². The molecular weight excluding hydrogens is 290 g/mol. The number of hydrogen-bond donors (Lipinski definition) is 1. The minimum atomic E-state index is -0.490. The molecular formula is C17H25N5O. The van der Waals surface area contributed by atoms with Crippen LogP contribution in [0.5, 0.6) is 0 Å². The van der Waals surface area contributed by atoms with Crippen LogP contribution in [0.1, 0.15) is 43.2 Å². The van der Waals surface area contributed by atoms with Crippen molar-refractivity contribution in [2.45, 2.75) is 39.2 Å². The Balaban J connectivity index is 1.67. The van der Waals surface area contributed by atoms with Crippen molar-refractivity contribution in [2.75, 3.05) is 18.0 Å². The van der Waals surface area contributed by atoms with Crippen LogP contribution in [0.15, 0.2) is 18.5 Å². The molecule has 3 heterocycles. The zero-order chi connectivity index (χ0) is 16.4. The molecule has 3 rings (SSSR count). The lowest BCUT2D eigenvalue weighted by atomic mass is 9.90. The average Bonchev–Trinajstić information content (AvgIpc) is 2.99. The lowest BCUT2D eigenvalue weighted by Gasteiger charge is -2.34. The van der Waals surface area contributed by atoms with E-state index in [1.54, 1.807) is 6.20 Å². The van der Waals surface area contributed by atoms with Crippen LogP contribution < -0.4 is 4.90 Å². The first-order valence-electron chi connectivity index (χ1n) is 8.33. The van der Waals surface area contributed by atoms with Crippen molar-refractivity contribution in [3.8, 4) is 0 Å². The number of aromatic nitrogens is 4. The highest BCUT2D eigenvalue weighted by molar-refractivity contribution is 5.40. The maximum atomic E-state index is 10.6. The summed E-state index contributed by atoms with van der Waals surface area (Å²) in [7, 11) is 1.93. The molecule has 1 unspecified atom stereocenters. The van der Waals surface area contributed by atoms with Gasteiger partial charge in [-0.1, -0.05) is 6.92 Å². The second-order valence-electron chi connectivity index (χ2n) is 6.28. The Hall–Kier alpha value is -1.95. The Kier molecular flexibility index (Phi) is 4.61. The number of anilines is 1. The van der Waals surface area contributed by atoms with Crippen molar-refractivity contribution in [1.82, 2.24) is 19.5 Å². The van der Waals surface area contributed by atoms with Crippen molar-refractivity contribution in [3.63, 3.8) is 0 Å². The highest BCUT2D eigenvalue weighted by Crippen LogP contribution is 2.31. The lowest BCUT2D eigenvalue weighted by Crippen LogP contribution is -2.36. The monoisotopic (exact) mass is 315 g/mol. The van der Waals surface area contributed by atoms with Gasteiger partial charge in [0.25, 0.3) is 0 Å². The summed E-state index contributed by atoms with van der Waals surface area (Å²) < 4.78 is 1.90. The van der Waals surface area contributed by atoms with Crippen molar-refractivity contribution in [3.05, 3.63) is 35.8 Å². The molecule has 0 aliphatic carbocycles. The van der Waals surface area contributed by atoms with Gasteiger partial charge >= 0.3 is 0 Å². The summed E-state index contributed by atoms with van der Waals surface area (Å²) in [5, 5.41) is 10.6. The molecule has 1 fully saturated rings. The number of nitrogens with zero attached hydrogens (tertiary/aromatic N) is 5. The quantitative estimate of drug-likeness (QED) is 0.935. The third kappa shape index (κ3) is 3.37. The molecule has 1 aliphatic rings. The summed E-state index contributed by atoms with van der Waals surface area (Å²) >= 11 is 0. The smallest absolute Gasteiger partial charge is 0.137 e. The first-order valence-corrected chi connectivity index (χ1v) is 8.33. The van der Waals surface area contributed by atoms with Gasteiger partial charge in [0.15, 0.2) is 0 Å². The number of hydrogen-bond acceptors (Lipinski definition) is 5. The third-order valence-electron chi connectivity index (χ3n) is 4.67. The lowest BCUT2D eigenvalue weighted by molar-refractivity contribution is 0.0824. The fourth-order valence-corrected chi connectivity index (χ4v) is 3.27. The van der Waals surface area contributed by atoms with Crippen molar-refractivity contribution in [1.29, 1.82) is 0 Å². The summed E-state index contributed by atoms with van der Waals surface area (Å²) in [6.07, 6.45) is 5.94. The first-order chi connectivity index (χ1) is 11.1. The Morgan fingerprint density at radius 3 is 2.65 bits per heavy atom. The van der Waals surface area contributed by atoms with Gasteiger partial charge in [0.1, 0.15) is 23.6 Å². The molecule has 0 bridgehead atoms. The van der Waals surface area contributed by atoms with E-state index >= 15 is 0 Å². The van der Waals surface area contributed by atoms with E-state index in [-0.39, 0.29) is 5.92 Å². The standard InChI is InChI=1S/C17H25N5O/c1-4-14-11-15(20-12(2)19-14)22-8-5-13(6-9-22)16(23)17-18-7-10-21(17)3/h7,10-11,13,16,23H,4-6,8-9H2,1-3H3. The van der Waals surface area contributed by atoms with E-state index in [9.17, 15) is 5.11 Å². The highest BCUT2D eigenvalue weighted by atomic mass is 16.3. The van der Waals surface area contributed by atoms with Gasteiger partial charge in [-0.25, -0.2) is 15.0 Å². The number of rotatable bonds is 4. The first kappa shape index (κ1) is 15.9. The zero-order valence-corrected chi connectivity index (χ0v) is 14.1. The second-order valence-corrected chi connectivity index (χ2v) is 6.28. The van der Waals surface area contributed by atoms with Gasteiger partial charge in [-0.2, -0.15) is 0 Å². The molecule has 1 atom stereocenters. The largest absolute Gasteiger partial charge is 0.385 e. The maximum absolute atomic E-state index is 10.6. The Labute approximate surface area is 137 Å². The SMILES string of the molecule is CCc1cc(N2CCC(C(O)c3nccn3C)CC2)nc(C)n1. The molecule has 0 radical (unpaired) electrons. The van der Waals surface area contributed by atoms with Gasteiger partial charge in [-0.05, 0) is 32.1 Å². The van der Waals surface area contributed by atoms with E-state index in [1.165, 1.54) is 0 Å². The molecule has 2 aromatic rings. The van der Waals surface area contributed by atoms with Crippen LogP contribution in [0.2, 0.25) is 0 Å². The Morgan fingerprint density at radius 2 is 2.04 bits per heavy atom. The van der Waals surface area contributed by atoms with Gasteiger partial charge in [0.2, 0.25) is 0 Å². The molecule has 1 aliphatic heterocycles. The van der Waals surface area contributed by atoms with Crippen molar-refractivity contribution in [2.24, 2.45) is 13.0 Å². The molecule has 23 heavy (non-hydrogen) atoms. The average molecular weight is 315 g/mol. The molecule has 124 valence electrons. The summed E-state index contributed by atoms with van der Waals surface area (Å²) in [4.78, 5) is 15.6. The zero-order valence-electron chi connectivity index (χ0n) is 14.1. The fraction of sp³-hybridized carbons (Fsp3) is 0.588. The molecule has 0 saturated carbocycles. The summed E-state index contributed by atoms with van der Waals surface area (Å²) in [5.41, 5.74) is 1.09. The predicted octanol–water partition coefficient (Wildman–Crippen LogP) is 2.03.